The SMILES string of the molecule is CC(C)C(C)N(C)CC(=O)C1CCOC1. The van der Waals surface area contributed by atoms with Crippen molar-refractivity contribution in [1.29, 1.82) is 0 Å². The first-order valence-electron chi connectivity index (χ1n) is 5.83. The number of rotatable bonds is 5. The highest BCUT2D eigenvalue weighted by atomic mass is 16.5. The van der Waals surface area contributed by atoms with Crippen molar-refractivity contribution in [3.8, 4) is 0 Å². The number of Topliss-reactive ketones (excluding diaryl/α,β-unsaturated/α-hetero) is 1. The van der Waals surface area contributed by atoms with Gasteiger partial charge in [0, 0.05) is 18.6 Å². The van der Waals surface area contributed by atoms with E-state index in [0.29, 0.717) is 30.9 Å². The summed E-state index contributed by atoms with van der Waals surface area (Å²) in [6.45, 7) is 8.48. The zero-order valence-corrected chi connectivity index (χ0v) is 10.3. The quantitative estimate of drug-likeness (QED) is 0.694. The average molecular weight is 213 g/mol. The Morgan fingerprint density at radius 3 is 2.60 bits per heavy atom. The first kappa shape index (κ1) is 12.7. The van der Waals surface area contributed by atoms with Crippen LogP contribution in [0.1, 0.15) is 27.2 Å². The molecule has 0 bridgehead atoms. The maximum Gasteiger partial charge on any atom is 0.152 e. The molecule has 1 heterocycles. The smallest absolute Gasteiger partial charge is 0.152 e. The number of ether oxygens (including phenoxy) is 1. The topological polar surface area (TPSA) is 29.5 Å². The summed E-state index contributed by atoms with van der Waals surface area (Å²) in [5.41, 5.74) is 0. The predicted molar refractivity (Wildman–Crippen MR) is 60.9 cm³/mol. The van der Waals surface area contributed by atoms with Crippen molar-refractivity contribution in [2.45, 2.75) is 33.2 Å². The molecule has 0 N–H and O–H groups in total. The van der Waals surface area contributed by atoms with E-state index in [-0.39, 0.29) is 5.92 Å². The predicted octanol–water partition coefficient (Wildman–Crippen LogP) is 1.57. The number of hydrogen-bond donors (Lipinski definition) is 0. The normalized spacial score (nSPS) is 23.7. The molecular weight excluding hydrogens is 190 g/mol. The summed E-state index contributed by atoms with van der Waals surface area (Å²) >= 11 is 0. The third-order valence-corrected chi connectivity index (χ3v) is 3.45. The number of carbonyl (C=O) groups excluding carboxylic acids is 1. The van der Waals surface area contributed by atoms with Crippen LogP contribution >= 0.6 is 0 Å². The molecular formula is C12H23NO2. The summed E-state index contributed by atoms with van der Waals surface area (Å²) < 4.78 is 5.23. The van der Waals surface area contributed by atoms with Gasteiger partial charge in [-0.05, 0) is 26.3 Å². The van der Waals surface area contributed by atoms with Gasteiger partial charge in [-0.25, -0.2) is 0 Å². The third kappa shape index (κ3) is 3.58. The molecule has 1 saturated heterocycles. The molecule has 0 aliphatic carbocycles. The molecule has 1 rings (SSSR count). The minimum absolute atomic E-state index is 0.145. The Bertz CT molecular complexity index is 210. The molecule has 0 amide bonds. The van der Waals surface area contributed by atoms with Gasteiger partial charge in [0.2, 0.25) is 0 Å². The van der Waals surface area contributed by atoms with E-state index in [2.05, 4.69) is 25.7 Å². The highest BCUT2D eigenvalue weighted by Gasteiger charge is 2.25. The van der Waals surface area contributed by atoms with Gasteiger partial charge >= 0.3 is 0 Å². The molecule has 0 aromatic carbocycles. The van der Waals surface area contributed by atoms with Crippen LogP contribution in [-0.2, 0) is 9.53 Å². The third-order valence-electron chi connectivity index (χ3n) is 3.45. The number of hydrogen-bond acceptors (Lipinski definition) is 3. The summed E-state index contributed by atoms with van der Waals surface area (Å²) in [5, 5.41) is 0. The van der Waals surface area contributed by atoms with Crippen molar-refractivity contribution in [2.75, 3.05) is 26.8 Å². The Morgan fingerprint density at radius 2 is 2.13 bits per heavy atom. The standard InChI is InChI=1S/C12H23NO2/c1-9(2)10(3)13(4)7-12(14)11-5-6-15-8-11/h9-11H,5-8H2,1-4H3. The van der Waals surface area contributed by atoms with E-state index in [1.165, 1.54) is 0 Å². The van der Waals surface area contributed by atoms with Gasteiger partial charge in [0.1, 0.15) is 0 Å². The molecule has 1 fully saturated rings. The lowest BCUT2D eigenvalue weighted by Crippen LogP contribution is -2.39. The second kappa shape index (κ2) is 5.61. The molecule has 0 aromatic rings. The van der Waals surface area contributed by atoms with Crippen molar-refractivity contribution >= 4 is 5.78 Å². The summed E-state index contributed by atoms with van der Waals surface area (Å²) in [7, 11) is 2.03. The zero-order chi connectivity index (χ0) is 11.4. The Balaban J connectivity index is 2.36. The maximum absolute atomic E-state index is 11.9. The van der Waals surface area contributed by atoms with Crippen LogP contribution < -0.4 is 0 Å². The second-order valence-corrected chi connectivity index (χ2v) is 4.93. The number of carbonyl (C=O) groups is 1. The van der Waals surface area contributed by atoms with Crippen molar-refractivity contribution in [3.05, 3.63) is 0 Å². The van der Waals surface area contributed by atoms with Gasteiger partial charge in [-0.15, -0.1) is 0 Å². The first-order valence-corrected chi connectivity index (χ1v) is 5.83. The Hall–Kier alpha value is -0.410. The van der Waals surface area contributed by atoms with Crippen LogP contribution in [-0.4, -0.2) is 43.5 Å². The molecule has 3 heteroatoms. The zero-order valence-electron chi connectivity index (χ0n) is 10.3. The Kier molecular flexibility index (Phi) is 4.74. The molecule has 2 unspecified atom stereocenters. The summed E-state index contributed by atoms with van der Waals surface area (Å²) in [6, 6.07) is 0.455. The van der Waals surface area contributed by atoms with Crippen molar-refractivity contribution in [2.24, 2.45) is 11.8 Å². The lowest BCUT2D eigenvalue weighted by molar-refractivity contribution is -0.124. The summed E-state index contributed by atoms with van der Waals surface area (Å²) in [5.74, 6) is 1.07. The van der Waals surface area contributed by atoms with E-state index in [1.54, 1.807) is 0 Å². The van der Waals surface area contributed by atoms with Gasteiger partial charge in [-0.2, -0.15) is 0 Å². The molecule has 2 atom stereocenters. The molecule has 15 heavy (non-hydrogen) atoms. The van der Waals surface area contributed by atoms with Crippen LogP contribution in [0, 0.1) is 11.8 Å². The summed E-state index contributed by atoms with van der Waals surface area (Å²) in [6.07, 6.45) is 0.905. The Morgan fingerprint density at radius 1 is 1.47 bits per heavy atom. The van der Waals surface area contributed by atoms with Crippen LogP contribution in [0.5, 0.6) is 0 Å². The summed E-state index contributed by atoms with van der Waals surface area (Å²) in [4.78, 5) is 14.0. The van der Waals surface area contributed by atoms with Crippen LogP contribution in [0.25, 0.3) is 0 Å². The minimum Gasteiger partial charge on any atom is -0.381 e. The second-order valence-electron chi connectivity index (χ2n) is 4.93. The molecule has 1 aliphatic rings. The first-order chi connectivity index (χ1) is 7.02. The van der Waals surface area contributed by atoms with Crippen LogP contribution in [0.15, 0.2) is 0 Å². The van der Waals surface area contributed by atoms with Gasteiger partial charge in [0.05, 0.1) is 13.2 Å². The van der Waals surface area contributed by atoms with Crippen LogP contribution in [0.2, 0.25) is 0 Å². The van der Waals surface area contributed by atoms with Crippen molar-refractivity contribution in [1.82, 2.24) is 4.90 Å². The largest absolute Gasteiger partial charge is 0.381 e. The lowest BCUT2D eigenvalue weighted by Gasteiger charge is -2.27. The van der Waals surface area contributed by atoms with E-state index in [1.807, 2.05) is 7.05 Å². The van der Waals surface area contributed by atoms with E-state index in [4.69, 9.17) is 4.74 Å². The number of likely N-dealkylation sites (N-methyl/N-ethyl adjacent to an activating group) is 1. The van der Waals surface area contributed by atoms with E-state index >= 15 is 0 Å². The van der Waals surface area contributed by atoms with E-state index in [9.17, 15) is 4.79 Å². The van der Waals surface area contributed by atoms with E-state index in [0.717, 1.165) is 13.0 Å². The van der Waals surface area contributed by atoms with Gasteiger partial charge < -0.3 is 4.74 Å². The van der Waals surface area contributed by atoms with Crippen molar-refractivity contribution in [3.63, 3.8) is 0 Å². The maximum atomic E-state index is 11.9. The molecule has 3 nitrogen and oxygen atoms in total. The van der Waals surface area contributed by atoms with Crippen LogP contribution in [0.3, 0.4) is 0 Å². The van der Waals surface area contributed by atoms with Crippen molar-refractivity contribution < 1.29 is 9.53 Å². The number of ketones is 1. The monoisotopic (exact) mass is 213 g/mol. The molecule has 0 aromatic heterocycles. The Labute approximate surface area is 92.8 Å². The molecule has 0 spiro atoms. The molecule has 0 saturated carbocycles. The van der Waals surface area contributed by atoms with Gasteiger partial charge in [-0.3, -0.25) is 9.69 Å². The number of nitrogens with zero attached hydrogens (tertiary/aromatic N) is 1. The van der Waals surface area contributed by atoms with Gasteiger partial charge in [-0.1, -0.05) is 13.8 Å². The lowest BCUT2D eigenvalue weighted by atomic mass is 10.0. The highest BCUT2D eigenvalue weighted by Crippen LogP contribution is 2.15. The highest BCUT2D eigenvalue weighted by molar-refractivity contribution is 5.83. The molecule has 1 aliphatic heterocycles. The average Bonchev–Trinajstić information content (AvgIpc) is 2.68. The fourth-order valence-corrected chi connectivity index (χ4v) is 1.82. The van der Waals surface area contributed by atoms with Gasteiger partial charge in [0.25, 0.3) is 0 Å². The fourth-order valence-electron chi connectivity index (χ4n) is 1.82. The molecule has 88 valence electrons. The van der Waals surface area contributed by atoms with E-state index < -0.39 is 0 Å². The van der Waals surface area contributed by atoms with Crippen LogP contribution in [0.4, 0.5) is 0 Å². The van der Waals surface area contributed by atoms with Gasteiger partial charge in [0.15, 0.2) is 5.78 Å². The fraction of sp³-hybridized carbons (Fsp3) is 0.917. The molecule has 0 radical (unpaired) electrons. The minimum atomic E-state index is 0.145.